The van der Waals surface area contributed by atoms with Crippen LogP contribution < -0.4 is 97.8 Å². The molecule has 0 radical (unpaired) electrons. The molecule has 1 aromatic heterocycles. The third-order valence-electron chi connectivity index (χ3n) is 20.0. The highest BCUT2D eigenvalue weighted by Gasteiger charge is 2.42. The number of thioether (sulfide) groups is 1. The maximum absolute atomic E-state index is 15.9. The van der Waals surface area contributed by atoms with E-state index in [4.69, 9.17) is 28.7 Å². The van der Waals surface area contributed by atoms with E-state index in [1.54, 1.807) is 79.0 Å². The van der Waals surface area contributed by atoms with Gasteiger partial charge in [-0.15, -0.1) is 0 Å². The first-order valence-electron chi connectivity index (χ1n) is 39.7. The summed E-state index contributed by atoms with van der Waals surface area (Å²) in [4.78, 5) is 241. The van der Waals surface area contributed by atoms with Crippen molar-refractivity contribution in [3.05, 3.63) is 144 Å². The summed E-state index contributed by atoms with van der Waals surface area (Å²) in [5.74, 6) is -16.9. The van der Waals surface area contributed by atoms with Gasteiger partial charge in [-0.3, -0.25) is 81.5 Å². The Hall–Kier alpha value is -12.8. The van der Waals surface area contributed by atoms with Gasteiger partial charge in [0.2, 0.25) is 100 Å². The highest BCUT2D eigenvalue weighted by atomic mass is 32.2. The second-order valence-electron chi connectivity index (χ2n) is 29.9. The first kappa shape index (κ1) is 95.3. The van der Waals surface area contributed by atoms with E-state index in [9.17, 15) is 57.8 Å². The maximum atomic E-state index is 15.9. The number of aliphatic hydroxyl groups excluding tert-OH is 1. The van der Waals surface area contributed by atoms with Gasteiger partial charge in [-0.25, -0.2) is 0 Å². The van der Waals surface area contributed by atoms with Crippen LogP contribution >= 0.6 is 11.8 Å². The van der Waals surface area contributed by atoms with E-state index in [1.165, 1.54) is 13.8 Å². The van der Waals surface area contributed by atoms with Gasteiger partial charge in [0.15, 0.2) is 0 Å². The number of fused-ring (bicyclic) bond motifs is 2. The zero-order valence-corrected chi connectivity index (χ0v) is 68.6. The lowest BCUT2D eigenvalue weighted by Gasteiger charge is -2.34. The number of hydrogen-bond donors (Lipinski definition) is 20. The zero-order valence-electron chi connectivity index (χ0n) is 67.8. The van der Waals surface area contributed by atoms with Gasteiger partial charge in [0.25, 0.3) is 0 Å². The number of carbonyl (C=O) groups excluding carboxylic acids is 17. The van der Waals surface area contributed by atoms with Gasteiger partial charge in [-0.05, 0) is 129 Å². The molecule has 25 N–H and O–H groups in total. The number of para-hydroxylation sites is 1. The molecular formula is C83H109N19O18S. The molecular weight excluding hydrogens is 1580 g/mol. The molecule has 17 amide bonds. The van der Waals surface area contributed by atoms with Crippen LogP contribution in [0.1, 0.15) is 121 Å². The molecule has 0 saturated carbocycles. The van der Waals surface area contributed by atoms with Gasteiger partial charge in [-0.2, -0.15) is 11.8 Å². The summed E-state index contributed by atoms with van der Waals surface area (Å²) in [5.41, 5.74) is 29.5. The van der Waals surface area contributed by atoms with Gasteiger partial charge >= 0.3 is 0 Å². The molecule has 7 rings (SSSR count). The fraction of sp³-hybridized carbons (Fsp3) is 0.434. The first-order valence-corrected chi connectivity index (χ1v) is 40.9. The number of nitrogens with two attached hydrogens (primary N) is 5. The number of rotatable bonds is 39. The van der Waals surface area contributed by atoms with Crippen LogP contribution in [-0.4, -0.2) is 214 Å². The van der Waals surface area contributed by atoms with Crippen molar-refractivity contribution in [1.82, 2.24) is 74.1 Å². The van der Waals surface area contributed by atoms with Crippen molar-refractivity contribution in [2.24, 2.45) is 28.7 Å². The molecule has 1 saturated heterocycles. The number of aromatic amines is 1. The minimum absolute atomic E-state index is 0.131. The molecule has 1 aliphatic heterocycles. The number of carbonyl (C=O) groups is 17. The largest absolute Gasteiger partial charge is 0.391 e. The molecule has 37 nitrogen and oxygen atoms in total. The van der Waals surface area contributed by atoms with Crippen LogP contribution in [0.4, 0.5) is 0 Å². The molecule has 0 spiro atoms. The third-order valence-corrected chi connectivity index (χ3v) is 21.1. The fourth-order valence-electron chi connectivity index (χ4n) is 13.5. The summed E-state index contributed by atoms with van der Waals surface area (Å²) in [6.07, 6.45) is -3.53. The Kier molecular flexibility index (Phi) is 37.1. The Labute approximate surface area is 702 Å². The monoisotopic (exact) mass is 1690 g/mol. The van der Waals surface area contributed by atoms with Gasteiger partial charge < -0.3 is 108 Å². The molecule has 6 aromatic rings. The van der Waals surface area contributed by atoms with Gasteiger partial charge in [0, 0.05) is 75.3 Å². The predicted molar refractivity (Wildman–Crippen MR) is 449 cm³/mol. The van der Waals surface area contributed by atoms with Crippen LogP contribution in [0.2, 0.25) is 0 Å². The molecule has 0 aliphatic carbocycles. The minimum Gasteiger partial charge on any atom is -0.391 e. The standard InChI is InChI=1S/C83H109N19O18S/c1-46(103)71-81(119)98-64(41-55-43-90-57-21-11-10-20-56(55)57)78(116)94-59(29-31-67(85)106)74(112)99-66(45-121-37-33-61(92-48(3)105)75(113)93-60(76(114)101-71)30-32-68(86)107)79(117)95-62(39-49-23-26-53(27-24-49)51-16-6-5-7-17-51)77(115)96-63(40-50-25-28-52-18-8-9-19-54(52)38-50)80(118)102-83(4,34-13-14-35-84)82(120)100-58(22-12-15-36-89-47(2)104)73(111)97-65(42-69(87)108)72(110)91-44-70(88)109/h5-11,16-21,23-28,38,43,46,58-66,71,90,103H,12-15,22,29-37,39-42,44-45,84H2,1-4H3,(H2,85,106)(H2,86,107)(H2,87,108)(H2,88,109)(H,89,104)(H,91,110)(H,92,105)(H,93,113)(H,94,116)(H,95,117)(H,96,115)(H,97,111)(H,98,119)(H,99,112)(H,100,120)(H,101,114)(H,102,118)/t46-,58+,59+,60+,61+,62+,63+,64+,65+,66+,71+,83+/m1/s1. The maximum Gasteiger partial charge on any atom is 0.246 e. The Morgan fingerprint density at radius 1 is 0.554 bits per heavy atom. The van der Waals surface area contributed by atoms with E-state index < -0.39 is 211 Å². The number of H-pyrrole nitrogens is 1. The highest BCUT2D eigenvalue weighted by Crippen LogP contribution is 2.25. The number of aromatic nitrogens is 1. The second kappa shape index (κ2) is 47.1. The van der Waals surface area contributed by atoms with Crippen molar-refractivity contribution in [3.8, 4) is 11.1 Å². The van der Waals surface area contributed by atoms with Gasteiger partial charge in [0.05, 0.1) is 19.1 Å². The lowest BCUT2D eigenvalue weighted by Crippen LogP contribution is -2.64. The Balaban J connectivity index is 1.32. The molecule has 5 aromatic carbocycles. The third kappa shape index (κ3) is 30.8. The average Bonchev–Trinajstić information content (AvgIpc) is 0.963. The topological polar surface area (TPSA) is 613 Å². The number of benzene rings is 5. The number of unbranched alkanes of at least 4 members (excludes halogenated alkanes) is 2. The molecule has 38 heteroatoms. The number of nitrogens with one attached hydrogen (secondary N) is 14. The van der Waals surface area contributed by atoms with Crippen LogP contribution in [0.3, 0.4) is 0 Å². The van der Waals surface area contributed by atoms with Crippen LogP contribution in [0.5, 0.6) is 0 Å². The van der Waals surface area contributed by atoms with E-state index in [2.05, 4.69) is 74.1 Å². The van der Waals surface area contributed by atoms with Crippen molar-refractivity contribution in [3.63, 3.8) is 0 Å². The molecule has 1 aliphatic rings. The summed E-state index contributed by atoms with van der Waals surface area (Å²) in [6, 6.07) is 18.9. The highest BCUT2D eigenvalue weighted by molar-refractivity contribution is 7.99. The van der Waals surface area contributed by atoms with Crippen molar-refractivity contribution in [1.29, 1.82) is 0 Å². The van der Waals surface area contributed by atoms with Crippen molar-refractivity contribution in [2.45, 2.75) is 196 Å². The smallest absolute Gasteiger partial charge is 0.246 e. The lowest BCUT2D eigenvalue weighted by atomic mass is 9.91. The van der Waals surface area contributed by atoms with E-state index in [-0.39, 0.29) is 82.5 Å². The summed E-state index contributed by atoms with van der Waals surface area (Å²) in [7, 11) is 0. The zero-order chi connectivity index (χ0) is 88.5. The van der Waals surface area contributed by atoms with Crippen molar-refractivity contribution < 1.29 is 86.6 Å². The molecule has 0 bridgehead atoms. The number of hydrogen-bond acceptors (Lipinski definition) is 20. The molecule has 2 heterocycles. The normalized spacial score (nSPS) is 18.6. The van der Waals surface area contributed by atoms with Crippen LogP contribution in [0.15, 0.2) is 128 Å². The van der Waals surface area contributed by atoms with Gasteiger partial charge in [0.1, 0.15) is 66.0 Å². The molecule has 12 atom stereocenters. The fourth-order valence-corrected chi connectivity index (χ4v) is 14.5. The molecule has 0 unspecified atom stereocenters. The Morgan fingerprint density at radius 2 is 1.14 bits per heavy atom. The van der Waals surface area contributed by atoms with Crippen LogP contribution in [0, 0.1) is 0 Å². The molecule has 121 heavy (non-hydrogen) atoms. The summed E-state index contributed by atoms with van der Waals surface area (Å²) in [6.45, 7) is 4.54. The number of aliphatic hydroxyl groups is 1. The first-order chi connectivity index (χ1) is 57.6. The van der Waals surface area contributed by atoms with Crippen molar-refractivity contribution >= 4 is 134 Å². The van der Waals surface area contributed by atoms with E-state index in [0.717, 1.165) is 47.5 Å². The summed E-state index contributed by atoms with van der Waals surface area (Å²) >= 11 is 0.943. The molecule has 650 valence electrons. The summed E-state index contributed by atoms with van der Waals surface area (Å²) in [5, 5.41) is 47.0. The number of primary amides is 4. The van der Waals surface area contributed by atoms with Crippen LogP contribution in [0.25, 0.3) is 32.8 Å². The second-order valence-corrected chi connectivity index (χ2v) is 31.1. The Morgan fingerprint density at radius 3 is 1.79 bits per heavy atom. The quantitative estimate of drug-likeness (QED) is 0.0181. The number of amides is 17. The SMILES string of the molecule is CC(=O)NCCCC[C@H](NC(=O)[C@](C)(CCCCN)NC(=O)[C@H](Cc1ccc2ccccc2c1)NC(=O)[C@H](Cc1ccc(-c2ccccc2)cc1)NC(=O)[C@@H]1CSCC[C@H](NC(C)=O)C(=O)N[C@@H](CCC(N)=O)C(=O)N[C@@H]([C@@H](C)O)C(=O)N[C@@H](Cc2c[nH]c3ccccc23)C(=O)N[C@@H](CCC(N)=O)C(=O)N1)C(=O)N[C@@H](CC(N)=O)C(=O)NCC(N)=O. The minimum atomic E-state index is -2.00. The van der Waals surface area contributed by atoms with E-state index in [0.29, 0.717) is 34.0 Å². The van der Waals surface area contributed by atoms with Crippen LogP contribution in [-0.2, 0) is 101 Å². The Bertz CT molecular complexity index is 4700. The van der Waals surface area contributed by atoms with E-state index in [1.807, 2.05) is 48.5 Å². The average molecular weight is 1690 g/mol. The van der Waals surface area contributed by atoms with Gasteiger partial charge in [-0.1, -0.05) is 115 Å². The van der Waals surface area contributed by atoms with E-state index >= 15 is 28.8 Å². The summed E-state index contributed by atoms with van der Waals surface area (Å²) < 4.78 is 0. The lowest BCUT2D eigenvalue weighted by molar-refractivity contribution is -0.138. The molecule has 1 fully saturated rings. The predicted octanol–water partition coefficient (Wildman–Crippen LogP) is -2.28. The van der Waals surface area contributed by atoms with Crippen molar-refractivity contribution in [2.75, 3.05) is 31.1 Å².